The number of hydrogen-bond acceptors (Lipinski definition) is 4. The molecule has 6 heteroatoms. The zero-order valence-electron chi connectivity index (χ0n) is 10.6. The predicted molar refractivity (Wildman–Crippen MR) is 76.0 cm³/mol. The van der Waals surface area contributed by atoms with Crippen LogP contribution in [0.25, 0.3) is 0 Å². The Balaban J connectivity index is 2.70. The summed E-state index contributed by atoms with van der Waals surface area (Å²) in [5, 5.41) is 9.01. The van der Waals surface area contributed by atoms with Crippen LogP contribution in [0.3, 0.4) is 0 Å². The highest BCUT2D eigenvalue weighted by molar-refractivity contribution is 7.98. The molecule has 0 bridgehead atoms. The number of aliphatic hydroxyl groups excluding tert-OH is 1. The van der Waals surface area contributed by atoms with E-state index < -0.39 is 10.0 Å². The lowest BCUT2D eigenvalue weighted by molar-refractivity contribution is 0.282. The predicted octanol–water partition coefficient (Wildman–Crippen LogP) is 1.35. The molecule has 0 aliphatic rings. The first-order chi connectivity index (χ1) is 8.46. The Morgan fingerprint density at radius 3 is 2.67 bits per heavy atom. The Labute approximate surface area is 113 Å². The van der Waals surface area contributed by atoms with Crippen LogP contribution in [-0.4, -0.2) is 31.6 Å². The van der Waals surface area contributed by atoms with Crippen molar-refractivity contribution in [3.8, 4) is 0 Å². The highest BCUT2D eigenvalue weighted by Gasteiger charge is 2.15. The largest absolute Gasteiger partial charge is 0.392 e. The third-order valence-electron chi connectivity index (χ3n) is 2.33. The molecule has 1 aromatic rings. The molecule has 102 valence electrons. The molecule has 2 N–H and O–H groups in total. The molecule has 0 aliphatic heterocycles. The zero-order valence-corrected chi connectivity index (χ0v) is 12.2. The van der Waals surface area contributed by atoms with Crippen LogP contribution in [-0.2, 0) is 22.4 Å². The van der Waals surface area contributed by atoms with Crippen LogP contribution in [0.5, 0.6) is 0 Å². The van der Waals surface area contributed by atoms with Gasteiger partial charge in [0.15, 0.2) is 0 Å². The van der Waals surface area contributed by atoms with Gasteiger partial charge in [-0.25, -0.2) is 13.1 Å². The molecule has 0 spiro atoms. The third kappa shape index (κ3) is 5.39. The molecule has 0 aromatic heterocycles. The molecule has 1 unspecified atom stereocenters. The highest BCUT2D eigenvalue weighted by Crippen LogP contribution is 2.09. The van der Waals surface area contributed by atoms with E-state index in [1.165, 1.54) is 0 Å². The van der Waals surface area contributed by atoms with Crippen molar-refractivity contribution in [1.29, 1.82) is 0 Å². The van der Waals surface area contributed by atoms with Crippen LogP contribution >= 0.6 is 11.8 Å². The number of benzene rings is 1. The van der Waals surface area contributed by atoms with E-state index in [-0.39, 0.29) is 18.4 Å². The summed E-state index contributed by atoms with van der Waals surface area (Å²) in [7, 11) is -3.33. The summed E-state index contributed by atoms with van der Waals surface area (Å²) in [4.78, 5) is 0. The van der Waals surface area contributed by atoms with E-state index in [4.69, 9.17) is 5.11 Å². The van der Waals surface area contributed by atoms with Gasteiger partial charge in [-0.1, -0.05) is 24.3 Å². The van der Waals surface area contributed by atoms with Gasteiger partial charge in [0, 0.05) is 11.8 Å². The van der Waals surface area contributed by atoms with Gasteiger partial charge in [-0.3, -0.25) is 0 Å². The summed E-state index contributed by atoms with van der Waals surface area (Å²) < 4.78 is 26.4. The highest BCUT2D eigenvalue weighted by atomic mass is 32.2. The lowest BCUT2D eigenvalue weighted by Crippen LogP contribution is -2.35. The lowest BCUT2D eigenvalue weighted by Gasteiger charge is -2.13. The number of thioether (sulfide) groups is 1. The SMILES string of the molecule is CSCC(C)NS(=O)(=O)Cc1cccc(CO)c1. The fraction of sp³-hybridized carbons (Fsp3) is 0.500. The van der Waals surface area contributed by atoms with Gasteiger partial charge in [-0.2, -0.15) is 11.8 Å². The van der Waals surface area contributed by atoms with Gasteiger partial charge in [-0.15, -0.1) is 0 Å². The van der Waals surface area contributed by atoms with E-state index in [9.17, 15) is 8.42 Å². The van der Waals surface area contributed by atoms with Crippen molar-refractivity contribution in [2.75, 3.05) is 12.0 Å². The molecule has 0 aliphatic carbocycles. The Kier molecular flexibility index (Phi) is 6.14. The van der Waals surface area contributed by atoms with Crippen LogP contribution in [0.1, 0.15) is 18.1 Å². The summed E-state index contributed by atoms with van der Waals surface area (Å²) in [5.74, 6) is 0.690. The minimum atomic E-state index is -3.33. The van der Waals surface area contributed by atoms with Crippen LogP contribution < -0.4 is 4.72 Å². The van der Waals surface area contributed by atoms with Crippen LogP contribution in [0.2, 0.25) is 0 Å². The fourth-order valence-electron chi connectivity index (χ4n) is 1.67. The molecule has 1 atom stereocenters. The molecule has 0 saturated heterocycles. The fourth-order valence-corrected chi connectivity index (χ4v) is 3.76. The number of sulfonamides is 1. The van der Waals surface area contributed by atoms with E-state index in [1.54, 1.807) is 36.0 Å². The quantitative estimate of drug-likeness (QED) is 0.795. The Hall–Kier alpha value is -0.560. The molecule has 0 heterocycles. The van der Waals surface area contributed by atoms with Crippen LogP contribution in [0.15, 0.2) is 24.3 Å². The van der Waals surface area contributed by atoms with Crippen LogP contribution in [0, 0.1) is 0 Å². The van der Waals surface area contributed by atoms with Gasteiger partial charge >= 0.3 is 0 Å². The van der Waals surface area contributed by atoms with Gasteiger partial charge in [0.05, 0.1) is 12.4 Å². The van der Waals surface area contributed by atoms with E-state index >= 15 is 0 Å². The number of aliphatic hydroxyl groups is 1. The second-order valence-corrected chi connectivity index (χ2v) is 6.88. The van der Waals surface area contributed by atoms with Gasteiger partial charge in [0.1, 0.15) is 0 Å². The summed E-state index contributed by atoms with van der Waals surface area (Å²) in [6.07, 6.45) is 1.94. The minimum Gasteiger partial charge on any atom is -0.392 e. The van der Waals surface area contributed by atoms with Crippen molar-refractivity contribution >= 4 is 21.8 Å². The van der Waals surface area contributed by atoms with Gasteiger partial charge < -0.3 is 5.11 Å². The van der Waals surface area contributed by atoms with E-state index in [0.717, 1.165) is 11.3 Å². The Bertz CT molecular complexity index is 474. The van der Waals surface area contributed by atoms with Crippen molar-refractivity contribution < 1.29 is 13.5 Å². The van der Waals surface area contributed by atoms with Gasteiger partial charge in [-0.05, 0) is 24.3 Å². The average Bonchev–Trinajstić information content (AvgIpc) is 2.28. The molecule has 0 amide bonds. The minimum absolute atomic E-state index is 0.0560. The summed E-state index contributed by atoms with van der Waals surface area (Å²) in [5.41, 5.74) is 1.41. The number of hydrogen-bond donors (Lipinski definition) is 2. The van der Waals surface area contributed by atoms with Crippen molar-refractivity contribution in [3.63, 3.8) is 0 Å². The second kappa shape index (κ2) is 7.13. The molecule has 4 nitrogen and oxygen atoms in total. The van der Waals surface area contributed by atoms with E-state index in [2.05, 4.69) is 4.72 Å². The molecule has 18 heavy (non-hydrogen) atoms. The van der Waals surface area contributed by atoms with Crippen molar-refractivity contribution in [3.05, 3.63) is 35.4 Å². The van der Waals surface area contributed by atoms with Crippen molar-refractivity contribution in [2.45, 2.75) is 25.3 Å². The first-order valence-corrected chi connectivity index (χ1v) is 8.69. The van der Waals surface area contributed by atoms with Gasteiger partial charge in [0.25, 0.3) is 0 Å². The molecule has 0 fully saturated rings. The summed E-state index contributed by atoms with van der Waals surface area (Å²) >= 11 is 1.60. The number of rotatable bonds is 7. The number of nitrogens with one attached hydrogen (secondary N) is 1. The zero-order chi connectivity index (χ0) is 13.6. The molecule has 0 saturated carbocycles. The monoisotopic (exact) mass is 289 g/mol. The smallest absolute Gasteiger partial charge is 0.216 e. The normalized spacial score (nSPS) is 13.5. The average molecular weight is 289 g/mol. The molecule has 1 aromatic carbocycles. The maximum atomic E-state index is 11.9. The van der Waals surface area contributed by atoms with E-state index in [0.29, 0.717) is 5.56 Å². The first kappa shape index (κ1) is 15.5. The van der Waals surface area contributed by atoms with Gasteiger partial charge in [0.2, 0.25) is 10.0 Å². The van der Waals surface area contributed by atoms with Crippen LogP contribution in [0.4, 0.5) is 0 Å². The molecular formula is C12H19NO3S2. The maximum Gasteiger partial charge on any atom is 0.216 e. The van der Waals surface area contributed by atoms with Crippen molar-refractivity contribution in [1.82, 2.24) is 4.72 Å². The molecule has 0 radical (unpaired) electrons. The Morgan fingerprint density at radius 1 is 1.39 bits per heavy atom. The van der Waals surface area contributed by atoms with E-state index in [1.807, 2.05) is 13.2 Å². The second-order valence-electron chi connectivity index (χ2n) is 4.21. The summed E-state index contributed by atoms with van der Waals surface area (Å²) in [6, 6.07) is 6.89. The first-order valence-electron chi connectivity index (χ1n) is 5.64. The lowest BCUT2D eigenvalue weighted by atomic mass is 10.1. The third-order valence-corrected chi connectivity index (χ3v) is 4.64. The topological polar surface area (TPSA) is 66.4 Å². The Morgan fingerprint density at radius 2 is 2.06 bits per heavy atom. The maximum absolute atomic E-state index is 11.9. The molecular weight excluding hydrogens is 270 g/mol. The van der Waals surface area contributed by atoms with Crippen molar-refractivity contribution in [2.24, 2.45) is 0 Å². The molecule has 1 rings (SSSR count). The standard InChI is InChI=1S/C12H19NO3S2/c1-10(8-17-2)13-18(15,16)9-12-5-3-4-11(6-12)7-14/h3-6,10,13-14H,7-9H2,1-2H3. The summed E-state index contributed by atoms with van der Waals surface area (Å²) in [6.45, 7) is 1.77.